The highest BCUT2D eigenvalue weighted by Gasteiger charge is 2.26. The molecular weight excluding hydrogens is 258 g/mol. The van der Waals surface area contributed by atoms with Gasteiger partial charge in [-0.25, -0.2) is 13.1 Å². The van der Waals surface area contributed by atoms with Crippen molar-refractivity contribution in [3.63, 3.8) is 0 Å². The molecule has 1 saturated carbocycles. The van der Waals surface area contributed by atoms with Gasteiger partial charge in [0.25, 0.3) is 5.69 Å². The summed E-state index contributed by atoms with van der Waals surface area (Å²) in [5.74, 6) is 0. The topological polar surface area (TPSA) is 101 Å². The lowest BCUT2D eigenvalue weighted by Gasteiger charge is -2.07. The van der Waals surface area contributed by atoms with E-state index in [2.05, 4.69) is 10.0 Å². The molecular formula is C10H13N3O4S. The third kappa shape index (κ3) is 2.59. The molecule has 98 valence electrons. The van der Waals surface area contributed by atoms with Crippen LogP contribution >= 0.6 is 0 Å². The number of nitrogens with one attached hydrogen (secondary N) is 2. The van der Waals surface area contributed by atoms with Crippen LogP contribution in [-0.4, -0.2) is 26.4 Å². The standard InChI is InChI=1S/C10H13N3O4S/c1-11-18(16,17)8-4-5-9(12-7-2-3-7)10(6-8)13(14)15/h4-7,11-12H,2-3H2,1H3. The zero-order valence-corrected chi connectivity index (χ0v) is 10.5. The van der Waals surface area contributed by atoms with E-state index in [-0.39, 0.29) is 16.6 Å². The summed E-state index contributed by atoms with van der Waals surface area (Å²) in [5, 5.41) is 13.9. The molecule has 1 aliphatic rings. The third-order valence-corrected chi connectivity index (χ3v) is 4.09. The minimum atomic E-state index is -3.67. The predicted octanol–water partition coefficient (Wildman–Crippen LogP) is 1.08. The molecule has 0 aromatic heterocycles. The second kappa shape index (κ2) is 4.54. The van der Waals surface area contributed by atoms with Gasteiger partial charge in [-0.05, 0) is 32.0 Å². The second-order valence-corrected chi connectivity index (χ2v) is 5.95. The number of sulfonamides is 1. The molecule has 2 rings (SSSR count). The van der Waals surface area contributed by atoms with Gasteiger partial charge in [-0.2, -0.15) is 0 Å². The Morgan fingerprint density at radius 2 is 2.06 bits per heavy atom. The van der Waals surface area contributed by atoms with Crippen LogP contribution in [0.2, 0.25) is 0 Å². The van der Waals surface area contributed by atoms with Crippen LogP contribution in [0.1, 0.15) is 12.8 Å². The number of hydrogen-bond acceptors (Lipinski definition) is 5. The summed E-state index contributed by atoms with van der Waals surface area (Å²) in [7, 11) is -2.40. The van der Waals surface area contributed by atoms with Crippen molar-refractivity contribution in [1.29, 1.82) is 0 Å². The van der Waals surface area contributed by atoms with Crippen LogP contribution in [-0.2, 0) is 10.0 Å². The van der Waals surface area contributed by atoms with Gasteiger partial charge in [0.05, 0.1) is 9.82 Å². The van der Waals surface area contributed by atoms with Crippen molar-refractivity contribution >= 4 is 21.4 Å². The zero-order chi connectivity index (χ0) is 13.3. The second-order valence-electron chi connectivity index (χ2n) is 4.06. The first-order valence-electron chi connectivity index (χ1n) is 5.42. The Labute approximate surface area is 104 Å². The van der Waals surface area contributed by atoms with E-state index in [0.29, 0.717) is 5.69 Å². The summed E-state index contributed by atoms with van der Waals surface area (Å²) in [4.78, 5) is 10.2. The van der Waals surface area contributed by atoms with Crippen LogP contribution < -0.4 is 10.0 Å². The van der Waals surface area contributed by atoms with Crippen molar-refractivity contribution in [3.05, 3.63) is 28.3 Å². The summed E-state index contributed by atoms with van der Waals surface area (Å²) in [6.07, 6.45) is 1.96. The number of anilines is 1. The van der Waals surface area contributed by atoms with Crippen LogP contribution in [0.4, 0.5) is 11.4 Å². The van der Waals surface area contributed by atoms with E-state index in [4.69, 9.17) is 0 Å². The van der Waals surface area contributed by atoms with E-state index in [0.717, 1.165) is 18.9 Å². The lowest BCUT2D eigenvalue weighted by molar-refractivity contribution is -0.384. The Morgan fingerprint density at radius 3 is 2.56 bits per heavy atom. The van der Waals surface area contributed by atoms with Gasteiger partial charge in [0.2, 0.25) is 10.0 Å². The van der Waals surface area contributed by atoms with Gasteiger partial charge < -0.3 is 5.32 Å². The average Bonchev–Trinajstić information content (AvgIpc) is 3.13. The zero-order valence-electron chi connectivity index (χ0n) is 9.71. The number of nitro groups is 1. The maximum Gasteiger partial charge on any atom is 0.293 e. The molecule has 1 fully saturated rings. The number of hydrogen-bond donors (Lipinski definition) is 2. The van der Waals surface area contributed by atoms with Crippen molar-refractivity contribution in [2.24, 2.45) is 0 Å². The van der Waals surface area contributed by atoms with Crippen molar-refractivity contribution in [1.82, 2.24) is 4.72 Å². The molecule has 0 spiro atoms. The molecule has 0 bridgehead atoms. The lowest BCUT2D eigenvalue weighted by atomic mass is 10.2. The van der Waals surface area contributed by atoms with Crippen LogP contribution in [0.3, 0.4) is 0 Å². The third-order valence-electron chi connectivity index (χ3n) is 2.68. The maximum absolute atomic E-state index is 11.6. The Balaban J connectivity index is 2.42. The summed E-state index contributed by atoms with van der Waals surface area (Å²) in [6, 6.07) is 4.11. The van der Waals surface area contributed by atoms with Crippen molar-refractivity contribution in [3.8, 4) is 0 Å². The minimum Gasteiger partial charge on any atom is -0.377 e. The molecule has 8 heteroatoms. The van der Waals surface area contributed by atoms with Gasteiger partial charge in [-0.15, -0.1) is 0 Å². The van der Waals surface area contributed by atoms with Gasteiger partial charge in [0.1, 0.15) is 5.69 Å². The molecule has 0 saturated heterocycles. The van der Waals surface area contributed by atoms with Gasteiger partial charge in [-0.3, -0.25) is 10.1 Å². The molecule has 18 heavy (non-hydrogen) atoms. The summed E-state index contributed by atoms with van der Waals surface area (Å²) >= 11 is 0. The monoisotopic (exact) mass is 271 g/mol. The van der Waals surface area contributed by atoms with Gasteiger partial charge in [-0.1, -0.05) is 0 Å². The predicted molar refractivity (Wildman–Crippen MR) is 66.0 cm³/mol. The fraction of sp³-hybridized carbons (Fsp3) is 0.400. The van der Waals surface area contributed by atoms with E-state index in [1.165, 1.54) is 19.2 Å². The first-order valence-corrected chi connectivity index (χ1v) is 6.91. The quantitative estimate of drug-likeness (QED) is 0.616. The van der Waals surface area contributed by atoms with Gasteiger partial charge >= 0.3 is 0 Å². The van der Waals surface area contributed by atoms with Crippen molar-refractivity contribution < 1.29 is 13.3 Å². The number of benzene rings is 1. The van der Waals surface area contributed by atoms with Gasteiger partial charge in [0, 0.05) is 12.1 Å². The molecule has 0 radical (unpaired) electrons. The Morgan fingerprint density at radius 1 is 1.39 bits per heavy atom. The fourth-order valence-electron chi connectivity index (χ4n) is 1.52. The highest BCUT2D eigenvalue weighted by molar-refractivity contribution is 7.89. The molecule has 0 aliphatic heterocycles. The smallest absolute Gasteiger partial charge is 0.293 e. The SMILES string of the molecule is CNS(=O)(=O)c1ccc(NC2CC2)c([N+](=O)[O-])c1. The summed E-state index contributed by atoms with van der Waals surface area (Å²) in [5.41, 5.74) is 0.135. The Bertz CT molecular complexity index is 581. The molecule has 7 nitrogen and oxygen atoms in total. The lowest BCUT2D eigenvalue weighted by Crippen LogP contribution is -2.18. The van der Waals surface area contributed by atoms with E-state index >= 15 is 0 Å². The number of nitrogens with zero attached hydrogens (tertiary/aromatic N) is 1. The molecule has 1 aromatic carbocycles. The largest absolute Gasteiger partial charge is 0.377 e. The Kier molecular flexibility index (Phi) is 3.22. The first kappa shape index (κ1) is 12.8. The molecule has 0 amide bonds. The molecule has 0 atom stereocenters. The van der Waals surface area contributed by atoms with Crippen molar-refractivity contribution in [2.75, 3.05) is 12.4 Å². The number of rotatable bonds is 5. The fourth-order valence-corrected chi connectivity index (χ4v) is 2.27. The highest BCUT2D eigenvalue weighted by atomic mass is 32.2. The summed E-state index contributed by atoms with van der Waals surface area (Å²) < 4.78 is 25.3. The van der Waals surface area contributed by atoms with Gasteiger partial charge in [0.15, 0.2) is 0 Å². The van der Waals surface area contributed by atoms with Crippen LogP contribution in [0.15, 0.2) is 23.1 Å². The van der Waals surface area contributed by atoms with E-state index < -0.39 is 14.9 Å². The van der Waals surface area contributed by atoms with Crippen LogP contribution in [0, 0.1) is 10.1 Å². The van der Waals surface area contributed by atoms with Crippen LogP contribution in [0.25, 0.3) is 0 Å². The van der Waals surface area contributed by atoms with Crippen LogP contribution in [0.5, 0.6) is 0 Å². The maximum atomic E-state index is 11.6. The summed E-state index contributed by atoms with van der Waals surface area (Å²) in [6.45, 7) is 0. The molecule has 2 N–H and O–H groups in total. The normalized spacial score (nSPS) is 15.4. The van der Waals surface area contributed by atoms with E-state index in [1.54, 1.807) is 0 Å². The minimum absolute atomic E-state index is 0.113. The molecule has 1 aliphatic carbocycles. The van der Waals surface area contributed by atoms with E-state index in [1.807, 2.05) is 0 Å². The number of nitro benzene ring substituents is 1. The molecule has 0 heterocycles. The first-order chi connectivity index (χ1) is 8.44. The molecule has 1 aromatic rings. The van der Waals surface area contributed by atoms with Crippen molar-refractivity contribution in [2.45, 2.75) is 23.8 Å². The Hall–Kier alpha value is -1.67. The van der Waals surface area contributed by atoms with E-state index in [9.17, 15) is 18.5 Å². The molecule has 0 unspecified atom stereocenters. The highest BCUT2D eigenvalue weighted by Crippen LogP contribution is 2.32. The average molecular weight is 271 g/mol.